The first kappa shape index (κ1) is 21.8. The highest BCUT2D eigenvalue weighted by atomic mass is 79.9. The Hall–Kier alpha value is -3.85. The molecule has 0 heterocycles. The van der Waals surface area contributed by atoms with Crippen LogP contribution in [0.3, 0.4) is 0 Å². The minimum atomic E-state index is -0.499. The number of ether oxygens (including phenoxy) is 1. The first-order chi connectivity index (χ1) is 14.9. The SMILES string of the molecule is O=C(Cc1ccc([N+](=O)[O-])cc1)N/N=C/c1ccc(OC(=O)c2ccccc2Br)cc1. The molecule has 3 aromatic rings. The van der Waals surface area contributed by atoms with Crippen LogP contribution in [-0.2, 0) is 11.2 Å². The van der Waals surface area contributed by atoms with Crippen molar-refractivity contribution in [3.05, 3.63) is 104 Å². The summed E-state index contributed by atoms with van der Waals surface area (Å²) in [4.78, 5) is 34.3. The largest absolute Gasteiger partial charge is 0.423 e. The van der Waals surface area contributed by atoms with Crippen LogP contribution in [0.15, 0.2) is 82.4 Å². The molecule has 0 saturated carbocycles. The Labute approximate surface area is 185 Å². The first-order valence-electron chi connectivity index (χ1n) is 9.04. The van der Waals surface area contributed by atoms with E-state index in [1.807, 2.05) is 0 Å². The van der Waals surface area contributed by atoms with E-state index in [1.54, 1.807) is 48.5 Å². The number of halogens is 1. The van der Waals surface area contributed by atoms with Crippen LogP contribution in [0.1, 0.15) is 21.5 Å². The number of nitrogens with one attached hydrogen (secondary N) is 1. The maximum atomic E-state index is 12.2. The van der Waals surface area contributed by atoms with Crippen LogP contribution < -0.4 is 10.2 Å². The topological polar surface area (TPSA) is 111 Å². The minimum absolute atomic E-state index is 0.0345. The maximum Gasteiger partial charge on any atom is 0.344 e. The molecule has 9 heteroatoms. The van der Waals surface area contributed by atoms with Crippen molar-refractivity contribution < 1.29 is 19.2 Å². The highest BCUT2D eigenvalue weighted by molar-refractivity contribution is 9.10. The fourth-order valence-electron chi connectivity index (χ4n) is 2.55. The Morgan fingerprint density at radius 3 is 2.35 bits per heavy atom. The van der Waals surface area contributed by atoms with Crippen LogP contribution in [0.5, 0.6) is 5.75 Å². The number of hydrogen-bond acceptors (Lipinski definition) is 6. The lowest BCUT2D eigenvalue weighted by molar-refractivity contribution is -0.384. The van der Waals surface area contributed by atoms with Gasteiger partial charge in [-0.1, -0.05) is 24.3 Å². The molecule has 3 aromatic carbocycles. The van der Waals surface area contributed by atoms with E-state index in [2.05, 4.69) is 26.5 Å². The third kappa shape index (κ3) is 6.31. The van der Waals surface area contributed by atoms with Crippen LogP contribution in [0.25, 0.3) is 0 Å². The van der Waals surface area contributed by atoms with Crippen molar-refractivity contribution in [3.63, 3.8) is 0 Å². The van der Waals surface area contributed by atoms with Gasteiger partial charge in [-0.15, -0.1) is 0 Å². The average molecular weight is 482 g/mol. The Balaban J connectivity index is 1.51. The zero-order valence-corrected chi connectivity index (χ0v) is 17.6. The van der Waals surface area contributed by atoms with E-state index in [0.717, 1.165) is 0 Å². The van der Waals surface area contributed by atoms with Crippen LogP contribution in [0, 0.1) is 10.1 Å². The average Bonchev–Trinajstić information content (AvgIpc) is 2.75. The van der Waals surface area contributed by atoms with Gasteiger partial charge in [0.05, 0.1) is 23.1 Å². The third-order valence-electron chi connectivity index (χ3n) is 4.10. The van der Waals surface area contributed by atoms with Gasteiger partial charge in [0.1, 0.15) is 5.75 Å². The van der Waals surface area contributed by atoms with Gasteiger partial charge >= 0.3 is 5.97 Å². The Kier molecular flexibility index (Phi) is 7.23. The minimum Gasteiger partial charge on any atom is -0.423 e. The van der Waals surface area contributed by atoms with Gasteiger partial charge in [-0.05, 0) is 63.5 Å². The van der Waals surface area contributed by atoms with Gasteiger partial charge in [-0.2, -0.15) is 5.10 Å². The standard InChI is InChI=1S/C22H16BrN3O5/c23-20-4-2-1-3-19(20)22(28)31-18-11-7-16(8-12-18)14-24-25-21(27)13-15-5-9-17(10-6-15)26(29)30/h1-12,14H,13H2,(H,25,27)/b24-14+. The molecule has 0 bridgehead atoms. The summed E-state index contributed by atoms with van der Waals surface area (Å²) < 4.78 is 5.99. The highest BCUT2D eigenvalue weighted by Gasteiger charge is 2.11. The monoisotopic (exact) mass is 481 g/mol. The van der Waals surface area contributed by atoms with Gasteiger partial charge in [-0.3, -0.25) is 14.9 Å². The molecule has 156 valence electrons. The number of rotatable bonds is 7. The van der Waals surface area contributed by atoms with Gasteiger partial charge in [0.2, 0.25) is 5.91 Å². The number of nitrogens with zero attached hydrogens (tertiary/aromatic N) is 2. The number of hydrazone groups is 1. The van der Waals surface area contributed by atoms with E-state index < -0.39 is 10.9 Å². The maximum absolute atomic E-state index is 12.2. The van der Waals surface area contributed by atoms with Gasteiger partial charge in [-0.25, -0.2) is 10.2 Å². The van der Waals surface area contributed by atoms with Crippen LogP contribution in [0.2, 0.25) is 0 Å². The number of amides is 1. The van der Waals surface area contributed by atoms with E-state index in [4.69, 9.17) is 4.74 Å². The zero-order valence-electron chi connectivity index (χ0n) is 16.0. The lowest BCUT2D eigenvalue weighted by atomic mass is 10.1. The molecule has 3 rings (SSSR count). The number of non-ortho nitro benzene ring substituents is 1. The summed E-state index contributed by atoms with van der Waals surface area (Å²) in [6.07, 6.45) is 1.49. The molecule has 0 aromatic heterocycles. The molecule has 0 unspecified atom stereocenters. The number of benzene rings is 3. The molecule has 0 radical (unpaired) electrons. The summed E-state index contributed by atoms with van der Waals surface area (Å²) in [7, 11) is 0. The lowest BCUT2D eigenvalue weighted by Gasteiger charge is -2.06. The van der Waals surface area contributed by atoms with Crippen molar-refractivity contribution in [1.82, 2.24) is 5.43 Å². The molecule has 1 N–H and O–H groups in total. The number of carbonyl (C=O) groups is 2. The number of nitro groups is 1. The van der Waals surface area contributed by atoms with Crippen LogP contribution in [-0.4, -0.2) is 23.0 Å². The summed E-state index contributed by atoms with van der Waals surface area (Å²) in [6, 6.07) is 19.3. The second kappa shape index (κ2) is 10.3. The van der Waals surface area contributed by atoms with E-state index in [0.29, 0.717) is 26.9 Å². The number of carbonyl (C=O) groups excluding carboxylic acids is 2. The second-order valence-corrected chi connectivity index (χ2v) is 7.19. The quantitative estimate of drug-likeness (QED) is 0.178. The predicted octanol–water partition coefficient (Wildman–Crippen LogP) is 4.27. The molecular formula is C22H16BrN3O5. The van der Waals surface area contributed by atoms with Gasteiger partial charge in [0, 0.05) is 16.6 Å². The van der Waals surface area contributed by atoms with Gasteiger partial charge < -0.3 is 4.74 Å². The lowest BCUT2D eigenvalue weighted by Crippen LogP contribution is -2.19. The number of hydrogen-bond donors (Lipinski definition) is 1. The summed E-state index contributed by atoms with van der Waals surface area (Å²) in [5, 5.41) is 14.5. The molecule has 0 aliphatic carbocycles. The van der Waals surface area contributed by atoms with E-state index >= 15 is 0 Å². The Morgan fingerprint density at radius 2 is 1.71 bits per heavy atom. The fourth-order valence-corrected chi connectivity index (χ4v) is 3.00. The smallest absolute Gasteiger partial charge is 0.344 e. The molecular weight excluding hydrogens is 466 g/mol. The summed E-state index contributed by atoms with van der Waals surface area (Å²) in [5.74, 6) is -0.461. The Morgan fingerprint density at radius 1 is 1.03 bits per heavy atom. The fraction of sp³-hybridized carbons (Fsp3) is 0.0455. The normalized spacial score (nSPS) is 10.6. The van der Waals surface area contributed by atoms with Gasteiger partial charge in [0.15, 0.2) is 0 Å². The predicted molar refractivity (Wildman–Crippen MR) is 118 cm³/mol. The van der Waals surface area contributed by atoms with Crippen molar-refractivity contribution in [2.45, 2.75) is 6.42 Å². The van der Waals surface area contributed by atoms with E-state index in [-0.39, 0.29) is 18.0 Å². The van der Waals surface area contributed by atoms with Crippen molar-refractivity contribution in [1.29, 1.82) is 0 Å². The van der Waals surface area contributed by atoms with Crippen LogP contribution >= 0.6 is 15.9 Å². The molecule has 31 heavy (non-hydrogen) atoms. The Bertz CT molecular complexity index is 1130. The van der Waals surface area contributed by atoms with Crippen molar-refractivity contribution in [3.8, 4) is 5.75 Å². The molecule has 0 fully saturated rings. The summed E-state index contributed by atoms with van der Waals surface area (Å²) in [5.41, 5.74) is 4.11. The van der Waals surface area contributed by atoms with Gasteiger partial charge in [0.25, 0.3) is 5.69 Å². The third-order valence-corrected chi connectivity index (χ3v) is 4.79. The zero-order chi connectivity index (χ0) is 22.2. The summed E-state index contributed by atoms with van der Waals surface area (Å²) >= 11 is 3.31. The van der Waals surface area contributed by atoms with E-state index in [1.165, 1.54) is 30.5 Å². The molecule has 0 saturated heterocycles. The van der Waals surface area contributed by atoms with Crippen LogP contribution in [0.4, 0.5) is 5.69 Å². The summed E-state index contributed by atoms with van der Waals surface area (Å²) in [6.45, 7) is 0. The van der Waals surface area contributed by atoms with E-state index in [9.17, 15) is 19.7 Å². The molecule has 0 aliphatic rings. The molecule has 0 atom stereocenters. The molecule has 0 spiro atoms. The number of esters is 1. The van der Waals surface area contributed by atoms with Crippen molar-refractivity contribution in [2.75, 3.05) is 0 Å². The highest BCUT2D eigenvalue weighted by Crippen LogP contribution is 2.19. The van der Waals surface area contributed by atoms with Crippen molar-refractivity contribution >= 4 is 39.7 Å². The second-order valence-electron chi connectivity index (χ2n) is 6.33. The number of nitro benzene ring substituents is 1. The van der Waals surface area contributed by atoms with Crippen molar-refractivity contribution in [2.24, 2.45) is 5.10 Å². The molecule has 1 amide bonds. The first-order valence-corrected chi connectivity index (χ1v) is 9.83. The molecule has 8 nitrogen and oxygen atoms in total. The molecule has 0 aliphatic heterocycles.